The number of nitrogens with two attached hydrogens (primary N) is 3. The molecule has 0 spiro atoms. The topological polar surface area (TPSA) is 115 Å². The molecule has 0 bridgehead atoms. The zero-order valence-corrected chi connectivity index (χ0v) is 24.2. The Balaban J connectivity index is 2.11. The van der Waals surface area contributed by atoms with Crippen LogP contribution in [0.15, 0.2) is 54.6 Å². The second-order valence-electron chi connectivity index (χ2n) is 9.86. The number of rotatable bonds is 18. The summed E-state index contributed by atoms with van der Waals surface area (Å²) in [5.41, 5.74) is 17.8. The molecule has 0 aromatic heterocycles. The highest BCUT2D eigenvalue weighted by molar-refractivity contribution is 5.77. The summed E-state index contributed by atoms with van der Waals surface area (Å²) in [5, 5.41) is 0. The summed E-state index contributed by atoms with van der Waals surface area (Å²) in [4.78, 5) is 0. The van der Waals surface area contributed by atoms with Gasteiger partial charge in [-0.3, -0.25) is 0 Å². The maximum atomic E-state index is 14.2. The van der Waals surface area contributed by atoms with Crippen LogP contribution in [-0.2, 0) is 6.18 Å². The van der Waals surface area contributed by atoms with Crippen LogP contribution in [0.1, 0.15) is 44.6 Å². The molecule has 0 saturated heterocycles. The van der Waals surface area contributed by atoms with Crippen molar-refractivity contribution >= 4 is 0 Å². The summed E-state index contributed by atoms with van der Waals surface area (Å²) in [5.74, 6) is 1.97. The lowest BCUT2D eigenvalue weighted by molar-refractivity contribution is -0.137. The molecule has 0 unspecified atom stereocenters. The molecule has 42 heavy (non-hydrogen) atoms. The van der Waals surface area contributed by atoms with E-state index in [-0.39, 0.29) is 0 Å². The first-order valence-corrected chi connectivity index (χ1v) is 14.4. The molecule has 0 aliphatic heterocycles. The number of hydrogen-bond donors (Lipinski definition) is 3. The largest absolute Gasteiger partial charge is 0.493 e. The van der Waals surface area contributed by atoms with E-state index in [2.05, 4.69) is 6.92 Å². The van der Waals surface area contributed by atoms with Gasteiger partial charge in [-0.2, -0.15) is 13.2 Å². The van der Waals surface area contributed by atoms with E-state index in [4.69, 9.17) is 36.1 Å². The fourth-order valence-electron chi connectivity index (χ4n) is 4.09. The fraction of sp³-hybridized carbons (Fsp3) is 0.438. The van der Waals surface area contributed by atoms with E-state index in [1.807, 2.05) is 0 Å². The SMILES string of the molecule is CCCCOc1cc(OCCCN)cc(-c2cc(-c3cc(OCCCN)cc(OCCCN)c3)cc(C(F)(F)F)c2)c1. The summed E-state index contributed by atoms with van der Waals surface area (Å²) in [6.07, 6.45) is -0.870. The summed E-state index contributed by atoms with van der Waals surface area (Å²) < 4.78 is 66.0. The lowest BCUT2D eigenvalue weighted by Crippen LogP contribution is -2.08. The van der Waals surface area contributed by atoms with Crippen LogP contribution in [0, 0.1) is 0 Å². The Kier molecular flexibility index (Phi) is 13.2. The maximum absolute atomic E-state index is 14.2. The van der Waals surface area contributed by atoms with Crippen LogP contribution < -0.4 is 36.1 Å². The third-order valence-electron chi connectivity index (χ3n) is 6.31. The minimum Gasteiger partial charge on any atom is -0.493 e. The first kappa shape index (κ1) is 33.0. The van der Waals surface area contributed by atoms with E-state index in [1.54, 1.807) is 42.5 Å². The molecule has 230 valence electrons. The molecule has 3 aromatic rings. The van der Waals surface area contributed by atoms with Gasteiger partial charge in [0.2, 0.25) is 0 Å². The monoisotopic (exact) mass is 589 g/mol. The van der Waals surface area contributed by atoms with Gasteiger partial charge >= 0.3 is 6.18 Å². The number of ether oxygens (including phenoxy) is 4. The standard InChI is InChI=1S/C32H42F3N3O4/c1-2-3-10-39-28-17-25(18-29(21-28)40-11-4-7-36)23-14-24(16-27(15-23)32(33,34)35)26-19-30(41-12-5-8-37)22-31(20-26)42-13-6-9-38/h14-22H,2-13,36-38H2,1H3. The van der Waals surface area contributed by atoms with E-state index < -0.39 is 11.7 Å². The van der Waals surface area contributed by atoms with Gasteiger partial charge in [0, 0.05) is 12.1 Å². The number of benzene rings is 3. The van der Waals surface area contributed by atoms with Crippen molar-refractivity contribution in [3.05, 3.63) is 60.2 Å². The summed E-state index contributed by atoms with van der Waals surface area (Å²) in [6, 6.07) is 14.3. The number of unbranched alkanes of at least 4 members (excludes halogenated alkanes) is 1. The van der Waals surface area contributed by atoms with Crippen molar-refractivity contribution in [2.45, 2.75) is 45.2 Å². The normalized spacial score (nSPS) is 11.4. The molecule has 0 radical (unpaired) electrons. The fourth-order valence-corrected chi connectivity index (χ4v) is 4.09. The molecule has 10 heteroatoms. The van der Waals surface area contributed by atoms with Crippen LogP contribution >= 0.6 is 0 Å². The van der Waals surface area contributed by atoms with Gasteiger partial charge in [-0.25, -0.2) is 0 Å². The van der Waals surface area contributed by atoms with E-state index in [1.165, 1.54) is 0 Å². The first-order valence-electron chi connectivity index (χ1n) is 14.4. The third-order valence-corrected chi connectivity index (χ3v) is 6.31. The van der Waals surface area contributed by atoms with Crippen LogP contribution in [0.4, 0.5) is 13.2 Å². The Bertz CT molecular complexity index is 1110. The molecule has 0 saturated carbocycles. The number of alkyl halides is 3. The lowest BCUT2D eigenvalue weighted by atomic mass is 9.95. The Morgan fingerprint density at radius 2 is 0.833 bits per heavy atom. The Morgan fingerprint density at radius 3 is 1.14 bits per heavy atom. The van der Waals surface area contributed by atoms with Crippen molar-refractivity contribution in [2.75, 3.05) is 46.1 Å². The van der Waals surface area contributed by atoms with E-state index in [0.717, 1.165) is 25.0 Å². The summed E-state index contributed by atoms with van der Waals surface area (Å²) in [6.45, 7) is 5.03. The minimum absolute atomic E-state index is 0.357. The number of hydrogen-bond acceptors (Lipinski definition) is 7. The van der Waals surface area contributed by atoms with Gasteiger partial charge in [-0.1, -0.05) is 13.3 Å². The minimum atomic E-state index is -4.57. The van der Waals surface area contributed by atoms with E-state index >= 15 is 0 Å². The van der Waals surface area contributed by atoms with Crippen LogP contribution in [-0.4, -0.2) is 46.1 Å². The van der Waals surface area contributed by atoms with Gasteiger partial charge in [0.1, 0.15) is 23.0 Å². The zero-order valence-electron chi connectivity index (χ0n) is 24.2. The van der Waals surface area contributed by atoms with Crippen LogP contribution in [0.25, 0.3) is 22.3 Å². The third kappa shape index (κ3) is 10.4. The van der Waals surface area contributed by atoms with E-state index in [0.29, 0.717) is 111 Å². The molecule has 7 nitrogen and oxygen atoms in total. The molecule has 0 amide bonds. The lowest BCUT2D eigenvalue weighted by Gasteiger charge is -2.17. The maximum Gasteiger partial charge on any atom is 0.416 e. The van der Waals surface area contributed by atoms with Crippen molar-refractivity contribution in [3.63, 3.8) is 0 Å². The van der Waals surface area contributed by atoms with Gasteiger partial charge in [0.25, 0.3) is 0 Å². The van der Waals surface area contributed by atoms with Crippen molar-refractivity contribution < 1.29 is 32.1 Å². The van der Waals surface area contributed by atoms with Crippen molar-refractivity contribution in [1.29, 1.82) is 0 Å². The van der Waals surface area contributed by atoms with Crippen molar-refractivity contribution in [2.24, 2.45) is 17.2 Å². The van der Waals surface area contributed by atoms with Gasteiger partial charge in [-0.05, 0) is 110 Å². The van der Waals surface area contributed by atoms with Crippen LogP contribution in [0.3, 0.4) is 0 Å². The highest BCUT2D eigenvalue weighted by atomic mass is 19.4. The molecule has 0 fully saturated rings. The molecule has 0 heterocycles. The predicted octanol–water partition coefficient (Wildman–Crippen LogP) is 6.40. The molecule has 0 aliphatic rings. The molecule has 3 aromatic carbocycles. The van der Waals surface area contributed by atoms with Crippen LogP contribution in [0.5, 0.6) is 23.0 Å². The Morgan fingerprint density at radius 1 is 0.500 bits per heavy atom. The second kappa shape index (κ2) is 16.8. The number of halogens is 3. The Hall–Kier alpha value is -3.47. The summed E-state index contributed by atoms with van der Waals surface area (Å²) >= 11 is 0. The molecule has 0 aliphatic carbocycles. The van der Waals surface area contributed by atoms with Gasteiger partial charge in [0.15, 0.2) is 0 Å². The first-order chi connectivity index (χ1) is 20.3. The Labute approximate surface area is 246 Å². The zero-order chi connectivity index (χ0) is 30.4. The average Bonchev–Trinajstić information content (AvgIpc) is 2.97. The van der Waals surface area contributed by atoms with Gasteiger partial charge < -0.3 is 36.1 Å². The molecule has 3 rings (SSSR count). The van der Waals surface area contributed by atoms with Crippen molar-refractivity contribution in [1.82, 2.24) is 0 Å². The smallest absolute Gasteiger partial charge is 0.416 e. The van der Waals surface area contributed by atoms with Gasteiger partial charge in [0.05, 0.1) is 32.0 Å². The van der Waals surface area contributed by atoms with Gasteiger partial charge in [-0.15, -0.1) is 0 Å². The highest BCUT2D eigenvalue weighted by Gasteiger charge is 2.31. The highest BCUT2D eigenvalue weighted by Crippen LogP contribution is 2.40. The molecular weight excluding hydrogens is 547 g/mol. The average molecular weight is 590 g/mol. The molecule has 6 N–H and O–H groups in total. The predicted molar refractivity (Wildman–Crippen MR) is 160 cm³/mol. The molecule has 0 atom stereocenters. The second-order valence-corrected chi connectivity index (χ2v) is 9.86. The molecular formula is C32H42F3N3O4. The van der Waals surface area contributed by atoms with Crippen molar-refractivity contribution in [3.8, 4) is 45.3 Å². The van der Waals surface area contributed by atoms with Crippen LogP contribution in [0.2, 0.25) is 0 Å². The summed E-state index contributed by atoms with van der Waals surface area (Å²) in [7, 11) is 0. The van der Waals surface area contributed by atoms with E-state index in [9.17, 15) is 13.2 Å². The quantitative estimate of drug-likeness (QED) is 0.147.